The smallest absolute Gasteiger partial charge is 0.406 e. The first-order valence-electron chi connectivity index (χ1n) is 5.75. The molecule has 0 saturated carbocycles. The molecule has 0 saturated heterocycles. The number of aliphatic hydroxyl groups excluding tert-OH is 1. The number of ether oxygens (including phenoxy) is 1. The Morgan fingerprint density at radius 2 is 1.76 bits per heavy atom. The van der Waals surface area contributed by atoms with Gasteiger partial charge in [-0.2, -0.15) is 0 Å². The summed E-state index contributed by atoms with van der Waals surface area (Å²) >= 11 is 3.10. The van der Waals surface area contributed by atoms with Crippen LogP contribution in [0.15, 0.2) is 46.9 Å². The Hall–Kier alpha value is -1.60. The maximum Gasteiger partial charge on any atom is 0.573 e. The minimum absolute atomic E-state index is 0.0540. The lowest BCUT2D eigenvalue weighted by Crippen LogP contribution is -2.17. The van der Waals surface area contributed by atoms with Gasteiger partial charge in [-0.05, 0) is 29.8 Å². The number of rotatable bonds is 3. The van der Waals surface area contributed by atoms with E-state index >= 15 is 0 Å². The van der Waals surface area contributed by atoms with E-state index in [0.29, 0.717) is 4.47 Å². The summed E-state index contributed by atoms with van der Waals surface area (Å²) in [5.74, 6) is -1.15. The van der Waals surface area contributed by atoms with Crippen molar-refractivity contribution in [2.75, 3.05) is 0 Å². The summed E-state index contributed by atoms with van der Waals surface area (Å²) in [4.78, 5) is 0. The molecule has 2 rings (SSSR count). The van der Waals surface area contributed by atoms with E-state index in [4.69, 9.17) is 0 Å². The zero-order chi connectivity index (χ0) is 15.6. The van der Waals surface area contributed by atoms with E-state index in [0.717, 1.165) is 18.2 Å². The molecule has 1 unspecified atom stereocenters. The van der Waals surface area contributed by atoms with E-state index < -0.39 is 24.0 Å². The zero-order valence-corrected chi connectivity index (χ0v) is 12.0. The van der Waals surface area contributed by atoms with Gasteiger partial charge in [0.15, 0.2) is 0 Å². The summed E-state index contributed by atoms with van der Waals surface area (Å²) in [7, 11) is 0. The third-order valence-corrected chi connectivity index (χ3v) is 3.37. The van der Waals surface area contributed by atoms with E-state index in [1.807, 2.05) is 0 Å². The lowest BCUT2D eigenvalue weighted by Gasteiger charge is -2.16. The Morgan fingerprint density at radius 3 is 2.38 bits per heavy atom. The summed E-state index contributed by atoms with van der Waals surface area (Å²) in [5.41, 5.74) is 0.0317. The first kappa shape index (κ1) is 15.8. The van der Waals surface area contributed by atoms with Crippen LogP contribution in [0.3, 0.4) is 0 Å². The Kier molecular flexibility index (Phi) is 4.53. The molecular weight excluding hydrogens is 356 g/mol. The molecule has 112 valence electrons. The van der Waals surface area contributed by atoms with Gasteiger partial charge in [0.2, 0.25) is 0 Å². The molecule has 1 atom stereocenters. The van der Waals surface area contributed by atoms with Crippen LogP contribution in [0.25, 0.3) is 0 Å². The van der Waals surface area contributed by atoms with E-state index in [1.54, 1.807) is 0 Å². The molecule has 2 aromatic carbocycles. The van der Waals surface area contributed by atoms with Crippen LogP contribution >= 0.6 is 15.9 Å². The SMILES string of the molecule is OC(c1cccc(OC(F)(F)F)c1)c1c(F)cccc1Br. The molecule has 2 aromatic rings. The van der Waals surface area contributed by atoms with Crippen molar-refractivity contribution in [1.29, 1.82) is 0 Å². The molecule has 7 heteroatoms. The molecule has 0 fully saturated rings. The minimum Gasteiger partial charge on any atom is -0.406 e. The molecule has 0 bridgehead atoms. The fraction of sp³-hybridized carbons (Fsp3) is 0.143. The van der Waals surface area contributed by atoms with Gasteiger partial charge in [-0.25, -0.2) is 4.39 Å². The standard InChI is InChI=1S/C14H9BrF4O2/c15-10-5-2-6-11(16)12(10)13(20)8-3-1-4-9(7-8)21-14(17,18)19/h1-7,13,20H. The van der Waals surface area contributed by atoms with Crippen molar-refractivity contribution in [2.45, 2.75) is 12.5 Å². The molecule has 0 heterocycles. The number of benzene rings is 2. The van der Waals surface area contributed by atoms with Crippen molar-refractivity contribution in [3.8, 4) is 5.75 Å². The average molecular weight is 365 g/mol. The fourth-order valence-corrected chi connectivity index (χ4v) is 2.38. The summed E-state index contributed by atoms with van der Waals surface area (Å²) in [6.45, 7) is 0. The lowest BCUT2D eigenvalue weighted by molar-refractivity contribution is -0.274. The second kappa shape index (κ2) is 6.03. The second-order valence-corrected chi connectivity index (χ2v) is 5.01. The highest BCUT2D eigenvalue weighted by atomic mass is 79.9. The highest BCUT2D eigenvalue weighted by molar-refractivity contribution is 9.10. The molecule has 0 radical (unpaired) electrons. The van der Waals surface area contributed by atoms with Crippen LogP contribution < -0.4 is 4.74 Å². The van der Waals surface area contributed by atoms with Gasteiger partial charge in [0.25, 0.3) is 0 Å². The Morgan fingerprint density at radius 1 is 1.10 bits per heavy atom. The molecule has 0 aliphatic rings. The van der Waals surface area contributed by atoms with Crippen LogP contribution in [0.1, 0.15) is 17.2 Å². The molecule has 0 aliphatic carbocycles. The van der Waals surface area contributed by atoms with Crippen LogP contribution in [0.2, 0.25) is 0 Å². The molecule has 0 aromatic heterocycles. The predicted molar refractivity (Wildman–Crippen MR) is 71.3 cm³/mol. The van der Waals surface area contributed by atoms with Gasteiger partial charge >= 0.3 is 6.36 Å². The third-order valence-electron chi connectivity index (χ3n) is 2.68. The maximum absolute atomic E-state index is 13.8. The molecule has 0 amide bonds. The third kappa shape index (κ3) is 3.95. The van der Waals surface area contributed by atoms with Gasteiger partial charge in [-0.3, -0.25) is 0 Å². The first-order chi connectivity index (χ1) is 9.78. The second-order valence-electron chi connectivity index (χ2n) is 4.16. The van der Waals surface area contributed by atoms with Crippen molar-refractivity contribution in [1.82, 2.24) is 0 Å². The molecular formula is C14H9BrF4O2. The highest BCUT2D eigenvalue weighted by Crippen LogP contribution is 2.33. The topological polar surface area (TPSA) is 29.5 Å². The van der Waals surface area contributed by atoms with Crippen LogP contribution in [-0.4, -0.2) is 11.5 Å². The van der Waals surface area contributed by atoms with E-state index in [2.05, 4.69) is 20.7 Å². The molecule has 1 N–H and O–H groups in total. The van der Waals surface area contributed by atoms with Crippen molar-refractivity contribution in [3.63, 3.8) is 0 Å². The number of aliphatic hydroxyl groups is 1. The zero-order valence-electron chi connectivity index (χ0n) is 10.4. The molecule has 0 spiro atoms. The summed E-state index contributed by atoms with van der Waals surface area (Å²) < 4.78 is 54.4. The summed E-state index contributed by atoms with van der Waals surface area (Å²) in [5, 5.41) is 10.2. The van der Waals surface area contributed by atoms with Crippen LogP contribution in [0.4, 0.5) is 17.6 Å². The van der Waals surface area contributed by atoms with Crippen molar-refractivity contribution >= 4 is 15.9 Å². The molecule has 0 aliphatic heterocycles. The van der Waals surface area contributed by atoms with E-state index in [-0.39, 0.29) is 11.1 Å². The number of alkyl halides is 3. The van der Waals surface area contributed by atoms with Crippen molar-refractivity contribution in [3.05, 3.63) is 63.9 Å². The lowest BCUT2D eigenvalue weighted by atomic mass is 10.0. The van der Waals surface area contributed by atoms with Crippen molar-refractivity contribution in [2.24, 2.45) is 0 Å². The summed E-state index contributed by atoms with van der Waals surface area (Å²) in [6.07, 6.45) is -6.25. The fourth-order valence-electron chi connectivity index (χ4n) is 1.82. The predicted octanol–water partition coefficient (Wildman–Crippen LogP) is 4.57. The number of hydrogen-bond acceptors (Lipinski definition) is 2. The van der Waals surface area contributed by atoms with Gasteiger partial charge in [0.1, 0.15) is 17.7 Å². The Labute approximate surface area is 126 Å². The van der Waals surface area contributed by atoms with Gasteiger partial charge in [-0.1, -0.05) is 34.1 Å². The van der Waals surface area contributed by atoms with Crippen LogP contribution in [0.5, 0.6) is 5.75 Å². The monoisotopic (exact) mass is 364 g/mol. The van der Waals surface area contributed by atoms with Gasteiger partial charge in [0.05, 0.1) is 0 Å². The minimum atomic E-state index is -4.83. The quantitative estimate of drug-likeness (QED) is 0.808. The first-order valence-corrected chi connectivity index (χ1v) is 6.55. The van der Waals surface area contributed by atoms with Gasteiger partial charge in [-0.15, -0.1) is 13.2 Å². The largest absolute Gasteiger partial charge is 0.573 e. The van der Waals surface area contributed by atoms with E-state index in [1.165, 1.54) is 24.3 Å². The summed E-state index contributed by atoms with van der Waals surface area (Å²) in [6, 6.07) is 8.90. The number of hydrogen-bond donors (Lipinski definition) is 1. The molecule has 2 nitrogen and oxygen atoms in total. The number of halogens is 5. The van der Waals surface area contributed by atoms with Crippen LogP contribution in [0, 0.1) is 5.82 Å². The normalized spacial score (nSPS) is 13.0. The Balaban J connectivity index is 2.36. The van der Waals surface area contributed by atoms with E-state index in [9.17, 15) is 22.7 Å². The maximum atomic E-state index is 13.8. The van der Waals surface area contributed by atoms with Gasteiger partial charge < -0.3 is 9.84 Å². The molecule has 21 heavy (non-hydrogen) atoms. The highest BCUT2D eigenvalue weighted by Gasteiger charge is 2.31. The van der Waals surface area contributed by atoms with Crippen molar-refractivity contribution < 1.29 is 27.4 Å². The van der Waals surface area contributed by atoms with Gasteiger partial charge in [0, 0.05) is 10.0 Å². The van der Waals surface area contributed by atoms with Crippen LogP contribution in [-0.2, 0) is 0 Å². The Bertz CT molecular complexity index is 623. The average Bonchev–Trinajstić information content (AvgIpc) is 2.36.